The molecular weight excluding hydrogens is 430 g/mol. The van der Waals surface area contributed by atoms with Gasteiger partial charge >= 0.3 is 0 Å². The van der Waals surface area contributed by atoms with Gasteiger partial charge < -0.3 is 24.8 Å². The van der Waals surface area contributed by atoms with E-state index in [0.717, 1.165) is 85.8 Å². The molecule has 1 aliphatic heterocycles. The van der Waals surface area contributed by atoms with Crippen molar-refractivity contribution in [2.45, 2.75) is 57.3 Å². The number of nitrogens with zero attached hydrogens (tertiary/aromatic N) is 4. The minimum atomic E-state index is -0.883. The average Bonchev–Trinajstić information content (AvgIpc) is 2.85. The molecule has 2 N–H and O–H groups in total. The number of pyridine rings is 1. The number of benzene rings is 1. The molecule has 0 unspecified atom stereocenters. The van der Waals surface area contributed by atoms with Crippen LogP contribution in [0.25, 0.3) is 11.0 Å². The summed E-state index contributed by atoms with van der Waals surface area (Å²) in [5.41, 5.74) is 2.75. The third kappa shape index (κ3) is 5.23. The van der Waals surface area contributed by atoms with Crippen LogP contribution in [0.1, 0.15) is 45.1 Å². The van der Waals surface area contributed by atoms with Crippen LogP contribution in [0, 0.1) is 0 Å². The number of hydrogen-bond donors (Lipinski definition) is 2. The maximum Gasteiger partial charge on any atom is 0.149 e. The molecule has 3 aromatic rings. The van der Waals surface area contributed by atoms with Crippen molar-refractivity contribution in [1.29, 1.82) is 0 Å². The standard InChI is InChI=1S/C26H33N5O3/c1-26(2,32)18-7-8-28-24(15-18)30-19-3-5-21(6-4-19)34-23-17-20(31-11-13-33-14-12-31)16-22-25(23)29-10-9-27-22/h7-10,15-17,19,21,32H,3-6,11-14H2,1-2H3,(H,28,30). The molecule has 0 bridgehead atoms. The highest BCUT2D eigenvalue weighted by Crippen LogP contribution is 2.33. The Morgan fingerprint density at radius 3 is 2.53 bits per heavy atom. The summed E-state index contributed by atoms with van der Waals surface area (Å²) in [6, 6.07) is 8.33. The van der Waals surface area contributed by atoms with Gasteiger partial charge in [0.25, 0.3) is 0 Å². The average molecular weight is 464 g/mol. The Bertz CT molecular complexity index is 1120. The number of nitrogens with one attached hydrogen (secondary N) is 1. The van der Waals surface area contributed by atoms with Gasteiger partial charge in [-0.2, -0.15) is 0 Å². The molecule has 3 heterocycles. The molecule has 180 valence electrons. The van der Waals surface area contributed by atoms with Gasteiger partial charge in [0.05, 0.1) is 30.4 Å². The maximum absolute atomic E-state index is 10.3. The first-order valence-corrected chi connectivity index (χ1v) is 12.2. The Morgan fingerprint density at radius 2 is 1.76 bits per heavy atom. The molecule has 5 rings (SSSR count). The van der Waals surface area contributed by atoms with Crippen molar-refractivity contribution in [2.75, 3.05) is 36.5 Å². The van der Waals surface area contributed by atoms with E-state index in [0.29, 0.717) is 6.04 Å². The molecule has 1 saturated heterocycles. The minimum absolute atomic E-state index is 0.138. The van der Waals surface area contributed by atoms with Crippen molar-refractivity contribution < 1.29 is 14.6 Å². The van der Waals surface area contributed by atoms with Gasteiger partial charge in [-0.15, -0.1) is 0 Å². The monoisotopic (exact) mass is 463 g/mol. The normalized spacial score (nSPS) is 21.4. The van der Waals surface area contributed by atoms with Gasteiger partial charge in [-0.3, -0.25) is 4.98 Å². The molecule has 1 aliphatic carbocycles. The Kier molecular flexibility index (Phi) is 6.52. The van der Waals surface area contributed by atoms with Crippen LogP contribution in [0.2, 0.25) is 0 Å². The second-order valence-corrected chi connectivity index (χ2v) is 9.69. The van der Waals surface area contributed by atoms with E-state index in [1.807, 2.05) is 12.1 Å². The second-order valence-electron chi connectivity index (χ2n) is 9.69. The molecule has 2 aliphatic rings. The van der Waals surface area contributed by atoms with E-state index in [-0.39, 0.29) is 6.10 Å². The van der Waals surface area contributed by atoms with Crippen molar-refractivity contribution in [1.82, 2.24) is 15.0 Å². The summed E-state index contributed by atoms with van der Waals surface area (Å²) < 4.78 is 12.0. The highest BCUT2D eigenvalue weighted by molar-refractivity contribution is 5.85. The zero-order valence-electron chi connectivity index (χ0n) is 19.9. The van der Waals surface area contributed by atoms with Crippen LogP contribution in [0.5, 0.6) is 5.75 Å². The van der Waals surface area contributed by atoms with Crippen molar-refractivity contribution >= 4 is 22.5 Å². The molecule has 2 aromatic heterocycles. The summed E-state index contributed by atoms with van der Waals surface area (Å²) in [5, 5.41) is 13.8. The molecule has 2 fully saturated rings. The first-order valence-electron chi connectivity index (χ1n) is 12.2. The Morgan fingerprint density at radius 1 is 1.00 bits per heavy atom. The molecule has 34 heavy (non-hydrogen) atoms. The van der Waals surface area contributed by atoms with Crippen LogP contribution in [-0.2, 0) is 10.3 Å². The summed E-state index contributed by atoms with van der Waals surface area (Å²) in [7, 11) is 0. The topological polar surface area (TPSA) is 92.6 Å². The number of aliphatic hydroxyl groups is 1. The van der Waals surface area contributed by atoms with Crippen LogP contribution in [0.3, 0.4) is 0 Å². The molecular formula is C26H33N5O3. The number of ether oxygens (including phenoxy) is 2. The summed E-state index contributed by atoms with van der Waals surface area (Å²) in [5.74, 6) is 1.62. The van der Waals surface area contributed by atoms with E-state index in [1.54, 1.807) is 32.4 Å². The van der Waals surface area contributed by atoms with Gasteiger partial charge in [-0.05, 0) is 63.3 Å². The highest BCUT2D eigenvalue weighted by atomic mass is 16.5. The van der Waals surface area contributed by atoms with E-state index in [9.17, 15) is 5.11 Å². The van der Waals surface area contributed by atoms with E-state index in [2.05, 4.69) is 37.3 Å². The highest BCUT2D eigenvalue weighted by Gasteiger charge is 2.25. The zero-order chi connectivity index (χ0) is 23.5. The predicted molar refractivity (Wildman–Crippen MR) is 132 cm³/mol. The lowest BCUT2D eigenvalue weighted by Gasteiger charge is -2.31. The molecule has 0 atom stereocenters. The minimum Gasteiger partial charge on any atom is -0.488 e. The van der Waals surface area contributed by atoms with E-state index in [4.69, 9.17) is 9.47 Å². The molecule has 0 spiro atoms. The lowest BCUT2D eigenvalue weighted by molar-refractivity contribution is 0.0785. The van der Waals surface area contributed by atoms with E-state index < -0.39 is 5.60 Å². The van der Waals surface area contributed by atoms with Gasteiger partial charge in [0.2, 0.25) is 0 Å². The summed E-state index contributed by atoms with van der Waals surface area (Å²) in [4.78, 5) is 15.9. The number of fused-ring (bicyclic) bond motifs is 1. The quantitative estimate of drug-likeness (QED) is 0.569. The van der Waals surface area contributed by atoms with Crippen LogP contribution in [0.15, 0.2) is 42.9 Å². The van der Waals surface area contributed by atoms with Gasteiger partial charge in [-0.25, -0.2) is 9.97 Å². The molecule has 1 aromatic carbocycles. The molecule has 0 amide bonds. The number of anilines is 2. The second kappa shape index (κ2) is 9.72. The number of hydrogen-bond acceptors (Lipinski definition) is 8. The molecule has 8 nitrogen and oxygen atoms in total. The van der Waals surface area contributed by atoms with Gasteiger partial charge in [-0.1, -0.05) is 0 Å². The number of aromatic nitrogens is 3. The summed E-state index contributed by atoms with van der Waals surface area (Å²) in [6.07, 6.45) is 9.22. The zero-order valence-corrected chi connectivity index (χ0v) is 19.9. The SMILES string of the molecule is CC(C)(O)c1ccnc(NC2CCC(Oc3cc(N4CCOCC4)cc4nccnc34)CC2)c1. The number of rotatable bonds is 6. The Labute approximate surface area is 200 Å². The number of morpholine rings is 1. The van der Waals surface area contributed by atoms with E-state index in [1.165, 1.54) is 0 Å². The summed E-state index contributed by atoms with van der Waals surface area (Å²) in [6.45, 7) is 6.78. The van der Waals surface area contributed by atoms with Gasteiger partial charge in [0.15, 0.2) is 0 Å². The first kappa shape index (κ1) is 22.8. The van der Waals surface area contributed by atoms with Crippen LogP contribution < -0.4 is 15.0 Å². The van der Waals surface area contributed by atoms with Crippen LogP contribution in [0.4, 0.5) is 11.5 Å². The van der Waals surface area contributed by atoms with Gasteiger partial charge in [0.1, 0.15) is 17.1 Å². The fourth-order valence-corrected chi connectivity index (χ4v) is 4.73. The Balaban J connectivity index is 1.25. The predicted octanol–water partition coefficient (Wildman–Crippen LogP) is 3.89. The maximum atomic E-state index is 10.3. The smallest absolute Gasteiger partial charge is 0.149 e. The third-order valence-corrected chi connectivity index (χ3v) is 6.69. The lowest BCUT2D eigenvalue weighted by atomic mass is 9.92. The third-order valence-electron chi connectivity index (χ3n) is 6.69. The lowest BCUT2D eigenvalue weighted by Crippen LogP contribution is -2.36. The van der Waals surface area contributed by atoms with Crippen molar-refractivity contribution in [2.24, 2.45) is 0 Å². The Hall–Kier alpha value is -2.97. The fourth-order valence-electron chi connectivity index (χ4n) is 4.73. The molecule has 1 saturated carbocycles. The van der Waals surface area contributed by atoms with Crippen molar-refractivity contribution in [3.8, 4) is 5.75 Å². The van der Waals surface area contributed by atoms with Crippen molar-refractivity contribution in [3.05, 3.63) is 48.4 Å². The van der Waals surface area contributed by atoms with Crippen molar-refractivity contribution in [3.63, 3.8) is 0 Å². The largest absolute Gasteiger partial charge is 0.488 e. The summed E-state index contributed by atoms with van der Waals surface area (Å²) >= 11 is 0. The first-order chi connectivity index (χ1) is 16.5. The molecule has 8 heteroatoms. The molecule has 0 radical (unpaired) electrons. The fraction of sp³-hybridized carbons (Fsp3) is 0.500. The van der Waals surface area contributed by atoms with Gasteiger partial charge in [0, 0.05) is 49.5 Å². The van der Waals surface area contributed by atoms with Crippen LogP contribution >= 0.6 is 0 Å². The van der Waals surface area contributed by atoms with E-state index >= 15 is 0 Å². The van der Waals surface area contributed by atoms with Crippen LogP contribution in [-0.4, -0.2) is 58.5 Å².